The van der Waals surface area contributed by atoms with Gasteiger partial charge in [0.15, 0.2) is 6.10 Å². The van der Waals surface area contributed by atoms with Crippen LogP contribution in [0.25, 0.3) is 0 Å². The van der Waals surface area contributed by atoms with Crippen LogP contribution in [0.15, 0.2) is 34.2 Å². The minimum Gasteiger partial charge on any atom is -0.454 e. The van der Waals surface area contributed by atoms with Crippen molar-refractivity contribution < 1.29 is 14.9 Å². The molecule has 1 saturated heterocycles. The van der Waals surface area contributed by atoms with E-state index in [2.05, 4.69) is 6.58 Å². The van der Waals surface area contributed by atoms with Crippen LogP contribution in [0.4, 0.5) is 0 Å². The molecule has 1 aromatic rings. The van der Waals surface area contributed by atoms with Crippen LogP contribution in [0, 0.1) is 11.3 Å². The maximum Gasteiger partial charge on any atom is 0.332 e. The lowest BCUT2D eigenvalue weighted by Gasteiger charge is -2.25. The zero-order chi connectivity index (χ0) is 13.5. The van der Waals surface area contributed by atoms with Gasteiger partial charge in [0.1, 0.15) is 17.9 Å². The fraction of sp³-hybridized carbons (Fsp3) is 0.300. The van der Waals surface area contributed by atoms with Gasteiger partial charge in [-0.2, -0.15) is 5.26 Å². The van der Waals surface area contributed by atoms with E-state index in [1.165, 1.54) is 0 Å². The number of nitriles is 1. The van der Waals surface area contributed by atoms with E-state index in [9.17, 15) is 19.8 Å². The van der Waals surface area contributed by atoms with Crippen LogP contribution in [0.3, 0.4) is 0 Å². The van der Waals surface area contributed by atoms with Gasteiger partial charge in [0, 0.05) is 12.3 Å². The number of hydrogen-bond acceptors (Lipinski definition) is 6. The van der Waals surface area contributed by atoms with E-state index < -0.39 is 29.2 Å². The van der Waals surface area contributed by atoms with Crippen LogP contribution in [0.5, 0.6) is 0 Å². The number of nitrogens with zero attached hydrogens (tertiary/aromatic N) is 2. The van der Waals surface area contributed by atoms with Crippen molar-refractivity contribution in [2.45, 2.75) is 17.9 Å². The molecule has 2 rings (SSSR count). The summed E-state index contributed by atoms with van der Waals surface area (Å²) in [5.41, 5.74) is -3.74. The number of H-pyrrole nitrogens is 1. The highest BCUT2D eigenvalue weighted by Gasteiger charge is 2.55. The van der Waals surface area contributed by atoms with Crippen LogP contribution < -0.4 is 11.2 Å². The van der Waals surface area contributed by atoms with Crippen LogP contribution in [-0.4, -0.2) is 32.0 Å². The van der Waals surface area contributed by atoms with E-state index >= 15 is 0 Å². The number of ether oxygens (including phenoxy) is 1. The van der Waals surface area contributed by atoms with Gasteiger partial charge < -0.3 is 14.9 Å². The Labute approximate surface area is 100.0 Å². The fourth-order valence-electron chi connectivity index (χ4n) is 1.72. The van der Waals surface area contributed by atoms with Crippen molar-refractivity contribution in [3.05, 3.63) is 45.4 Å². The Kier molecular flexibility index (Phi) is 2.58. The molecule has 1 fully saturated rings. The molecule has 1 aliphatic rings. The summed E-state index contributed by atoms with van der Waals surface area (Å²) in [4.78, 5) is 24.5. The Hall–Kier alpha value is -2.37. The third-order valence-corrected chi connectivity index (χ3v) is 2.66. The first kappa shape index (κ1) is 12.1. The summed E-state index contributed by atoms with van der Waals surface area (Å²) in [6.07, 6.45) is -2.19. The average Bonchev–Trinajstić information content (AvgIpc) is 2.54. The molecule has 0 radical (unpaired) electrons. The first-order chi connectivity index (χ1) is 8.42. The lowest BCUT2D eigenvalue weighted by atomic mass is 10.1. The number of aliphatic hydroxyl groups is 2. The predicted octanol–water partition coefficient (Wildman–Crippen LogP) is -2.02. The molecule has 0 spiro atoms. The van der Waals surface area contributed by atoms with Crippen LogP contribution in [-0.2, 0) is 10.5 Å². The smallest absolute Gasteiger partial charge is 0.332 e. The van der Waals surface area contributed by atoms with Gasteiger partial charge in [0.25, 0.3) is 5.56 Å². The molecule has 0 saturated carbocycles. The molecule has 0 aromatic carbocycles. The molecule has 0 unspecified atom stereocenters. The number of aromatic nitrogens is 2. The van der Waals surface area contributed by atoms with E-state index in [0.29, 0.717) is 4.57 Å². The molecule has 3 atom stereocenters. The zero-order valence-electron chi connectivity index (χ0n) is 9.03. The van der Waals surface area contributed by atoms with Gasteiger partial charge >= 0.3 is 11.4 Å². The Morgan fingerprint density at radius 3 is 2.67 bits per heavy atom. The van der Waals surface area contributed by atoms with Crippen LogP contribution in [0.1, 0.15) is 0 Å². The standard InChI is InChI=1S/C10H9N3O5/c1-5-7(15)8(16)10(4-11,18-5)13-3-2-6(14)12-9(13)17/h2-3,7-8,15-16H,1H2,(H,12,14,17)/t7-,8-,10-/m1/s1. The van der Waals surface area contributed by atoms with Crippen molar-refractivity contribution in [2.24, 2.45) is 0 Å². The summed E-state index contributed by atoms with van der Waals surface area (Å²) in [6.45, 7) is 3.33. The molecule has 8 nitrogen and oxygen atoms in total. The number of aliphatic hydroxyl groups excluding tert-OH is 2. The topological polar surface area (TPSA) is 128 Å². The van der Waals surface area contributed by atoms with E-state index in [-0.39, 0.29) is 5.76 Å². The second-order valence-corrected chi connectivity index (χ2v) is 3.75. The zero-order valence-corrected chi connectivity index (χ0v) is 9.03. The molecule has 0 aliphatic carbocycles. The molecule has 3 N–H and O–H groups in total. The SMILES string of the molecule is C=C1O[C@@](C#N)(n2ccc(=O)[nH]c2=O)[C@H](O)[C@@H]1O. The molecule has 18 heavy (non-hydrogen) atoms. The highest BCUT2D eigenvalue weighted by atomic mass is 16.6. The van der Waals surface area contributed by atoms with E-state index in [1.54, 1.807) is 6.07 Å². The quantitative estimate of drug-likeness (QED) is 0.528. The van der Waals surface area contributed by atoms with Gasteiger partial charge in [-0.05, 0) is 0 Å². The molecular weight excluding hydrogens is 242 g/mol. The molecule has 2 heterocycles. The Morgan fingerprint density at radius 1 is 1.56 bits per heavy atom. The second kappa shape index (κ2) is 3.83. The normalized spacial score (nSPS) is 30.8. The van der Waals surface area contributed by atoms with E-state index in [4.69, 9.17) is 10.00 Å². The summed E-state index contributed by atoms with van der Waals surface area (Å²) >= 11 is 0. The van der Waals surface area contributed by atoms with Crippen LogP contribution >= 0.6 is 0 Å². The molecule has 1 aromatic heterocycles. The first-order valence-electron chi connectivity index (χ1n) is 4.90. The molecule has 94 valence electrons. The highest BCUT2D eigenvalue weighted by Crippen LogP contribution is 2.35. The summed E-state index contributed by atoms with van der Waals surface area (Å²) < 4.78 is 5.71. The molecule has 1 aliphatic heterocycles. The summed E-state index contributed by atoms with van der Waals surface area (Å²) in [5.74, 6) is -0.234. The molecular formula is C10H9N3O5. The average molecular weight is 251 g/mol. The maximum absolute atomic E-state index is 11.6. The van der Waals surface area contributed by atoms with E-state index in [1.807, 2.05) is 4.98 Å². The number of nitrogens with one attached hydrogen (secondary N) is 1. The molecule has 0 amide bonds. The molecule has 0 bridgehead atoms. The van der Waals surface area contributed by atoms with Gasteiger partial charge in [-0.1, -0.05) is 6.58 Å². The number of hydrogen-bond donors (Lipinski definition) is 3. The predicted molar refractivity (Wildman–Crippen MR) is 57.1 cm³/mol. The lowest BCUT2D eigenvalue weighted by Crippen LogP contribution is -2.50. The van der Waals surface area contributed by atoms with Crippen molar-refractivity contribution in [1.29, 1.82) is 5.26 Å². The van der Waals surface area contributed by atoms with Gasteiger partial charge in [-0.15, -0.1) is 0 Å². The van der Waals surface area contributed by atoms with Crippen molar-refractivity contribution in [2.75, 3.05) is 0 Å². The van der Waals surface area contributed by atoms with E-state index in [0.717, 1.165) is 12.3 Å². The van der Waals surface area contributed by atoms with Crippen LogP contribution in [0.2, 0.25) is 0 Å². The van der Waals surface area contributed by atoms with Crippen molar-refractivity contribution >= 4 is 0 Å². The largest absolute Gasteiger partial charge is 0.454 e. The third kappa shape index (κ3) is 1.46. The third-order valence-electron chi connectivity index (χ3n) is 2.66. The Balaban J connectivity index is 2.67. The number of aromatic amines is 1. The molecule has 8 heteroatoms. The van der Waals surface area contributed by atoms with Gasteiger partial charge in [0.05, 0.1) is 0 Å². The van der Waals surface area contributed by atoms with Gasteiger partial charge in [-0.25, -0.2) is 9.36 Å². The van der Waals surface area contributed by atoms with Gasteiger partial charge in [0.2, 0.25) is 0 Å². The monoisotopic (exact) mass is 251 g/mol. The Morgan fingerprint density at radius 2 is 2.22 bits per heavy atom. The summed E-state index contributed by atoms with van der Waals surface area (Å²) in [7, 11) is 0. The highest BCUT2D eigenvalue weighted by molar-refractivity contribution is 5.19. The fourth-order valence-corrected chi connectivity index (χ4v) is 1.72. The second-order valence-electron chi connectivity index (χ2n) is 3.75. The number of rotatable bonds is 1. The van der Waals surface area contributed by atoms with Crippen molar-refractivity contribution in [3.8, 4) is 6.07 Å². The van der Waals surface area contributed by atoms with Crippen molar-refractivity contribution in [3.63, 3.8) is 0 Å². The minimum absolute atomic E-state index is 0.234. The summed E-state index contributed by atoms with van der Waals surface area (Å²) in [6, 6.07) is 2.60. The first-order valence-corrected chi connectivity index (χ1v) is 4.90. The van der Waals surface area contributed by atoms with Crippen molar-refractivity contribution in [1.82, 2.24) is 9.55 Å². The minimum atomic E-state index is -2.14. The Bertz CT molecular complexity index is 654. The van der Waals surface area contributed by atoms with Gasteiger partial charge in [-0.3, -0.25) is 9.78 Å². The lowest BCUT2D eigenvalue weighted by molar-refractivity contribution is -0.0728. The summed E-state index contributed by atoms with van der Waals surface area (Å²) in [5, 5.41) is 28.5. The maximum atomic E-state index is 11.6.